The predicted octanol–water partition coefficient (Wildman–Crippen LogP) is 3.57. The summed E-state index contributed by atoms with van der Waals surface area (Å²) >= 11 is 4.73. The van der Waals surface area contributed by atoms with Crippen LogP contribution in [0.3, 0.4) is 0 Å². The Morgan fingerprint density at radius 3 is 3.00 bits per heavy atom. The highest BCUT2D eigenvalue weighted by atomic mass is 79.9. The number of hydrogen-bond acceptors (Lipinski definition) is 4. The number of para-hydroxylation sites is 2. The molecule has 0 fully saturated rings. The molecule has 116 valence electrons. The van der Waals surface area contributed by atoms with E-state index in [2.05, 4.69) is 36.4 Å². The number of hydrogen-bond donors (Lipinski definition) is 2. The fourth-order valence-electron chi connectivity index (χ4n) is 1.93. The van der Waals surface area contributed by atoms with Crippen LogP contribution in [0.5, 0.6) is 0 Å². The summed E-state index contributed by atoms with van der Waals surface area (Å²) in [6.07, 6.45) is 1.61. The Morgan fingerprint density at radius 1 is 1.30 bits per heavy atom. The zero-order valence-electron chi connectivity index (χ0n) is 12.0. The molecule has 0 radical (unpaired) electrons. The second kappa shape index (κ2) is 7.43. The number of thioether (sulfide) groups is 1. The molecule has 5 nitrogen and oxygen atoms in total. The highest BCUT2D eigenvalue weighted by Crippen LogP contribution is 2.18. The third kappa shape index (κ3) is 4.43. The first kappa shape index (κ1) is 15.8. The average molecular weight is 389 g/mol. The van der Waals surface area contributed by atoms with Crippen LogP contribution in [-0.4, -0.2) is 27.8 Å². The van der Waals surface area contributed by atoms with Crippen LogP contribution in [0, 0.1) is 0 Å². The number of aromatic amines is 1. The molecule has 0 aliphatic rings. The van der Waals surface area contributed by atoms with Crippen LogP contribution < -0.4 is 5.43 Å². The molecule has 2 N–H and O–H groups in total. The third-order valence-corrected chi connectivity index (χ3v) is 4.33. The summed E-state index contributed by atoms with van der Waals surface area (Å²) in [6, 6.07) is 15.4. The van der Waals surface area contributed by atoms with Gasteiger partial charge in [0.2, 0.25) is 0 Å². The minimum atomic E-state index is -0.179. The van der Waals surface area contributed by atoms with Crippen LogP contribution in [0.1, 0.15) is 5.56 Å². The lowest BCUT2D eigenvalue weighted by atomic mass is 10.2. The third-order valence-electron chi connectivity index (χ3n) is 2.96. The SMILES string of the molecule is O=C(CSc1nc2ccccc2[nH]1)N/N=C/c1cccc(Br)c1. The highest BCUT2D eigenvalue weighted by molar-refractivity contribution is 9.10. The van der Waals surface area contributed by atoms with Crippen molar-refractivity contribution in [2.45, 2.75) is 5.16 Å². The zero-order valence-corrected chi connectivity index (χ0v) is 14.4. The van der Waals surface area contributed by atoms with Crippen molar-refractivity contribution in [3.05, 3.63) is 58.6 Å². The molecule has 0 saturated carbocycles. The molecule has 0 atom stereocenters. The van der Waals surface area contributed by atoms with E-state index < -0.39 is 0 Å². The van der Waals surface area contributed by atoms with Gasteiger partial charge in [0.05, 0.1) is 23.0 Å². The monoisotopic (exact) mass is 388 g/mol. The van der Waals surface area contributed by atoms with Crippen molar-refractivity contribution in [3.63, 3.8) is 0 Å². The van der Waals surface area contributed by atoms with Gasteiger partial charge in [-0.2, -0.15) is 5.10 Å². The number of carbonyl (C=O) groups is 1. The van der Waals surface area contributed by atoms with Crippen LogP contribution in [0.4, 0.5) is 0 Å². The van der Waals surface area contributed by atoms with Crippen molar-refractivity contribution in [1.82, 2.24) is 15.4 Å². The van der Waals surface area contributed by atoms with E-state index in [1.807, 2.05) is 48.5 Å². The molecular weight excluding hydrogens is 376 g/mol. The standard InChI is InChI=1S/C16H13BrN4OS/c17-12-5-3-4-11(8-12)9-18-21-15(22)10-23-16-19-13-6-1-2-7-14(13)20-16/h1-9H,10H2,(H,19,20)(H,21,22)/b18-9+. The number of amides is 1. The second-order valence-electron chi connectivity index (χ2n) is 4.70. The first-order chi connectivity index (χ1) is 11.2. The summed E-state index contributed by atoms with van der Waals surface area (Å²) in [5.41, 5.74) is 5.27. The Hall–Kier alpha value is -2.12. The Balaban J connectivity index is 1.51. The topological polar surface area (TPSA) is 70.1 Å². The van der Waals surface area contributed by atoms with Gasteiger partial charge >= 0.3 is 0 Å². The molecule has 3 rings (SSSR count). The first-order valence-electron chi connectivity index (χ1n) is 6.86. The van der Waals surface area contributed by atoms with E-state index in [1.165, 1.54) is 11.8 Å². The Morgan fingerprint density at radius 2 is 2.17 bits per heavy atom. The summed E-state index contributed by atoms with van der Waals surface area (Å²) < 4.78 is 0.966. The molecule has 0 aliphatic carbocycles. The Labute approximate surface area is 145 Å². The van der Waals surface area contributed by atoms with E-state index >= 15 is 0 Å². The van der Waals surface area contributed by atoms with Gasteiger partial charge < -0.3 is 4.98 Å². The van der Waals surface area contributed by atoms with E-state index in [0.717, 1.165) is 26.2 Å². The number of aromatic nitrogens is 2. The number of rotatable bonds is 5. The van der Waals surface area contributed by atoms with Crippen molar-refractivity contribution < 1.29 is 4.79 Å². The molecule has 1 aromatic heterocycles. The predicted molar refractivity (Wildman–Crippen MR) is 96.7 cm³/mol. The molecule has 3 aromatic rings. The minimum Gasteiger partial charge on any atom is -0.333 e. The van der Waals surface area contributed by atoms with E-state index in [0.29, 0.717) is 0 Å². The molecule has 0 saturated heterocycles. The molecule has 2 aromatic carbocycles. The number of imidazole rings is 1. The Bertz CT molecular complexity index is 829. The second-order valence-corrected chi connectivity index (χ2v) is 6.58. The normalized spacial score (nSPS) is 11.2. The summed E-state index contributed by atoms with van der Waals surface area (Å²) in [6.45, 7) is 0. The van der Waals surface area contributed by atoms with Crippen molar-refractivity contribution in [2.24, 2.45) is 5.10 Å². The van der Waals surface area contributed by atoms with Crippen molar-refractivity contribution in [2.75, 3.05) is 5.75 Å². The van der Waals surface area contributed by atoms with E-state index in [1.54, 1.807) is 6.21 Å². The van der Waals surface area contributed by atoms with Gasteiger partial charge in [-0.1, -0.05) is 52.0 Å². The van der Waals surface area contributed by atoms with Gasteiger partial charge in [-0.15, -0.1) is 0 Å². The van der Waals surface area contributed by atoms with Gasteiger partial charge in [0.1, 0.15) is 0 Å². The summed E-state index contributed by atoms with van der Waals surface area (Å²) in [7, 11) is 0. The molecule has 23 heavy (non-hydrogen) atoms. The largest absolute Gasteiger partial charge is 0.333 e. The van der Waals surface area contributed by atoms with E-state index in [-0.39, 0.29) is 11.7 Å². The lowest BCUT2D eigenvalue weighted by Gasteiger charge is -1.98. The van der Waals surface area contributed by atoms with Gasteiger partial charge in [-0.05, 0) is 29.8 Å². The summed E-state index contributed by atoms with van der Waals surface area (Å²) in [5.74, 6) is 0.0667. The molecule has 1 heterocycles. The van der Waals surface area contributed by atoms with E-state index in [4.69, 9.17) is 0 Å². The van der Waals surface area contributed by atoms with Crippen molar-refractivity contribution in [3.8, 4) is 0 Å². The number of H-pyrrole nitrogens is 1. The molecule has 1 amide bonds. The minimum absolute atomic E-state index is 0.179. The van der Waals surface area contributed by atoms with Crippen LogP contribution in [0.25, 0.3) is 11.0 Å². The molecule has 0 aliphatic heterocycles. The number of carbonyl (C=O) groups excluding carboxylic acids is 1. The van der Waals surface area contributed by atoms with Crippen molar-refractivity contribution >= 4 is 50.8 Å². The zero-order chi connectivity index (χ0) is 16.1. The number of nitrogens with one attached hydrogen (secondary N) is 2. The fraction of sp³-hybridized carbons (Fsp3) is 0.0625. The molecule has 7 heteroatoms. The van der Waals surface area contributed by atoms with E-state index in [9.17, 15) is 4.79 Å². The molecule has 0 spiro atoms. The van der Waals surface area contributed by atoms with Gasteiger partial charge in [-0.25, -0.2) is 10.4 Å². The van der Waals surface area contributed by atoms with Gasteiger partial charge in [-0.3, -0.25) is 4.79 Å². The quantitative estimate of drug-likeness (QED) is 0.398. The number of halogens is 1. The van der Waals surface area contributed by atoms with Gasteiger partial charge in [0, 0.05) is 4.47 Å². The summed E-state index contributed by atoms with van der Waals surface area (Å²) in [4.78, 5) is 19.4. The van der Waals surface area contributed by atoms with Crippen LogP contribution in [-0.2, 0) is 4.79 Å². The van der Waals surface area contributed by atoms with Gasteiger partial charge in [0.25, 0.3) is 5.91 Å². The molecule has 0 unspecified atom stereocenters. The average Bonchev–Trinajstić information content (AvgIpc) is 2.96. The van der Waals surface area contributed by atoms with Gasteiger partial charge in [0.15, 0.2) is 5.16 Å². The Kier molecular flexibility index (Phi) is 5.09. The maximum absolute atomic E-state index is 11.8. The van der Waals surface area contributed by atoms with Crippen LogP contribution in [0.15, 0.2) is 63.3 Å². The summed E-state index contributed by atoms with van der Waals surface area (Å²) in [5, 5.41) is 4.67. The maximum Gasteiger partial charge on any atom is 0.250 e. The number of benzene rings is 2. The highest BCUT2D eigenvalue weighted by Gasteiger charge is 2.06. The van der Waals surface area contributed by atoms with Crippen LogP contribution in [0.2, 0.25) is 0 Å². The lowest BCUT2D eigenvalue weighted by Crippen LogP contribution is -2.19. The number of nitrogens with zero attached hydrogens (tertiary/aromatic N) is 2. The number of fused-ring (bicyclic) bond motifs is 1. The lowest BCUT2D eigenvalue weighted by molar-refractivity contribution is -0.118. The molecule has 0 bridgehead atoms. The first-order valence-corrected chi connectivity index (χ1v) is 8.63. The fourth-order valence-corrected chi connectivity index (χ4v) is 3.02. The van der Waals surface area contributed by atoms with Crippen molar-refractivity contribution in [1.29, 1.82) is 0 Å². The number of hydrazone groups is 1. The maximum atomic E-state index is 11.8. The van der Waals surface area contributed by atoms with Crippen LogP contribution >= 0.6 is 27.7 Å². The molecular formula is C16H13BrN4OS. The smallest absolute Gasteiger partial charge is 0.250 e.